The normalized spacial score (nSPS) is 20.4. The molecule has 1 unspecified atom stereocenters. The van der Waals surface area contributed by atoms with Crippen LogP contribution in [0.15, 0.2) is 0 Å². The molecule has 108 valence electrons. The molecule has 3 rings (SSSR count). The van der Waals surface area contributed by atoms with E-state index in [9.17, 15) is 10.5 Å². The van der Waals surface area contributed by atoms with E-state index in [1.54, 1.807) is 0 Å². The van der Waals surface area contributed by atoms with Crippen LogP contribution in [0.3, 0.4) is 0 Å². The third kappa shape index (κ3) is 2.70. The van der Waals surface area contributed by atoms with Crippen LogP contribution in [0.4, 0.5) is 5.82 Å². The van der Waals surface area contributed by atoms with Gasteiger partial charge in [0.25, 0.3) is 0 Å². The Morgan fingerprint density at radius 1 is 1.14 bits per heavy atom. The molecule has 1 N–H and O–H groups in total. The van der Waals surface area contributed by atoms with Crippen LogP contribution in [-0.4, -0.2) is 24.2 Å². The molecule has 1 aliphatic carbocycles. The number of nitriles is 2. The Bertz CT molecular complexity index is 621. The van der Waals surface area contributed by atoms with Crippen molar-refractivity contribution in [3.05, 3.63) is 22.4 Å². The van der Waals surface area contributed by atoms with Gasteiger partial charge in [0.15, 0.2) is 0 Å². The molecule has 1 aromatic heterocycles. The molecule has 0 amide bonds. The molecular formula is C16H18N4O. The van der Waals surface area contributed by atoms with E-state index in [-0.39, 0.29) is 6.10 Å². The molecule has 2 heterocycles. The van der Waals surface area contributed by atoms with Gasteiger partial charge in [0.05, 0.1) is 11.7 Å². The highest BCUT2D eigenvalue weighted by molar-refractivity contribution is 5.64. The van der Waals surface area contributed by atoms with Crippen LogP contribution >= 0.6 is 0 Å². The first-order chi connectivity index (χ1) is 10.3. The third-order valence-electron chi connectivity index (χ3n) is 4.22. The molecule has 5 nitrogen and oxygen atoms in total. The number of nitrogens with one attached hydrogen (secondary N) is 1. The summed E-state index contributed by atoms with van der Waals surface area (Å²) in [6.07, 6.45) is 6.21. The fraction of sp³-hybridized carbons (Fsp3) is 0.562. The lowest BCUT2D eigenvalue weighted by molar-refractivity contribution is 0.120. The fourth-order valence-electron chi connectivity index (χ4n) is 3.12. The fourth-order valence-corrected chi connectivity index (χ4v) is 3.12. The lowest BCUT2D eigenvalue weighted by Gasteiger charge is -2.20. The van der Waals surface area contributed by atoms with Crippen molar-refractivity contribution in [2.45, 2.75) is 44.6 Å². The minimum atomic E-state index is 0.180. The lowest BCUT2D eigenvalue weighted by atomic mass is 9.90. The largest absolute Gasteiger partial charge is 0.376 e. The van der Waals surface area contributed by atoms with E-state index in [1.807, 2.05) is 0 Å². The molecule has 5 heteroatoms. The van der Waals surface area contributed by atoms with E-state index >= 15 is 0 Å². The van der Waals surface area contributed by atoms with Gasteiger partial charge >= 0.3 is 0 Å². The van der Waals surface area contributed by atoms with Gasteiger partial charge in [-0.1, -0.05) is 0 Å². The van der Waals surface area contributed by atoms with E-state index in [0.717, 1.165) is 56.4 Å². The van der Waals surface area contributed by atoms with Gasteiger partial charge in [0, 0.05) is 18.8 Å². The number of ether oxygens (including phenoxy) is 1. The summed E-state index contributed by atoms with van der Waals surface area (Å²) in [6, 6.07) is 4.36. The number of anilines is 1. The average Bonchev–Trinajstić information content (AvgIpc) is 3.04. The molecular weight excluding hydrogens is 264 g/mol. The Kier molecular flexibility index (Phi) is 4.03. The molecule has 0 radical (unpaired) electrons. The molecule has 1 fully saturated rings. The predicted molar refractivity (Wildman–Crippen MR) is 77.8 cm³/mol. The van der Waals surface area contributed by atoms with Crippen LogP contribution in [-0.2, 0) is 17.6 Å². The summed E-state index contributed by atoms with van der Waals surface area (Å²) in [5.74, 6) is 0.546. The Labute approximate surface area is 124 Å². The van der Waals surface area contributed by atoms with Crippen molar-refractivity contribution in [1.29, 1.82) is 10.5 Å². The Balaban J connectivity index is 1.91. The van der Waals surface area contributed by atoms with Gasteiger partial charge in [0.1, 0.15) is 23.5 Å². The van der Waals surface area contributed by atoms with Crippen molar-refractivity contribution >= 4 is 5.82 Å². The molecule has 1 aromatic rings. The number of aromatic nitrogens is 1. The number of nitrogens with zero attached hydrogens (tertiary/aromatic N) is 3. The minimum absolute atomic E-state index is 0.180. The van der Waals surface area contributed by atoms with Gasteiger partial charge in [0.2, 0.25) is 0 Å². The molecule has 21 heavy (non-hydrogen) atoms. The SMILES string of the molecule is N#Cc1c(NCC2CCCO2)nc2c(c1C#N)CCCC2. The number of hydrogen-bond donors (Lipinski definition) is 1. The Hall–Kier alpha value is -2.11. The van der Waals surface area contributed by atoms with Gasteiger partial charge in [-0.25, -0.2) is 4.98 Å². The van der Waals surface area contributed by atoms with Crippen molar-refractivity contribution < 1.29 is 4.74 Å². The second kappa shape index (κ2) is 6.11. The zero-order valence-corrected chi connectivity index (χ0v) is 12.0. The summed E-state index contributed by atoms with van der Waals surface area (Å²) in [4.78, 5) is 4.61. The monoisotopic (exact) mass is 282 g/mol. The van der Waals surface area contributed by atoms with Crippen molar-refractivity contribution in [2.75, 3.05) is 18.5 Å². The van der Waals surface area contributed by atoms with Gasteiger partial charge in [-0.15, -0.1) is 0 Å². The first kappa shape index (κ1) is 13.9. The van der Waals surface area contributed by atoms with E-state index in [4.69, 9.17) is 4.74 Å². The van der Waals surface area contributed by atoms with Gasteiger partial charge in [-0.3, -0.25) is 0 Å². The second-order valence-corrected chi connectivity index (χ2v) is 5.58. The zero-order chi connectivity index (χ0) is 14.7. The van der Waals surface area contributed by atoms with Gasteiger partial charge < -0.3 is 10.1 Å². The summed E-state index contributed by atoms with van der Waals surface area (Å²) >= 11 is 0. The van der Waals surface area contributed by atoms with Crippen molar-refractivity contribution in [3.63, 3.8) is 0 Å². The molecule has 2 aliphatic rings. The van der Waals surface area contributed by atoms with Crippen LogP contribution in [0.2, 0.25) is 0 Å². The predicted octanol–water partition coefficient (Wildman–Crippen LogP) is 2.29. The minimum Gasteiger partial charge on any atom is -0.376 e. The van der Waals surface area contributed by atoms with Crippen LogP contribution in [0.5, 0.6) is 0 Å². The van der Waals surface area contributed by atoms with Crippen LogP contribution in [0.25, 0.3) is 0 Å². The molecule has 0 bridgehead atoms. The summed E-state index contributed by atoms with van der Waals surface area (Å²) in [5.41, 5.74) is 2.85. The van der Waals surface area contributed by atoms with Gasteiger partial charge in [-0.2, -0.15) is 10.5 Å². The van der Waals surface area contributed by atoms with Crippen LogP contribution in [0, 0.1) is 22.7 Å². The van der Waals surface area contributed by atoms with Crippen molar-refractivity contribution in [2.24, 2.45) is 0 Å². The van der Waals surface area contributed by atoms with Crippen molar-refractivity contribution in [3.8, 4) is 12.1 Å². The topological polar surface area (TPSA) is 81.7 Å². The second-order valence-electron chi connectivity index (χ2n) is 5.58. The molecule has 0 spiro atoms. The van der Waals surface area contributed by atoms with E-state index < -0.39 is 0 Å². The highest BCUT2D eigenvalue weighted by atomic mass is 16.5. The summed E-state index contributed by atoms with van der Waals surface area (Å²) in [7, 11) is 0. The summed E-state index contributed by atoms with van der Waals surface area (Å²) in [5, 5.41) is 22.1. The maximum Gasteiger partial charge on any atom is 0.145 e. The van der Waals surface area contributed by atoms with Crippen LogP contribution in [0.1, 0.15) is 48.1 Å². The number of aryl methyl sites for hydroxylation is 1. The molecule has 0 saturated carbocycles. The quantitative estimate of drug-likeness (QED) is 0.919. The number of pyridine rings is 1. The van der Waals surface area contributed by atoms with E-state index in [0.29, 0.717) is 23.5 Å². The number of fused-ring (bicyclic) bond motifs is 1. The Morgan fingerprint density at radius 2 is 1.95 bits per heavy atom. The van der Waals surface area contributed by atoms with Crippen LogP contribution < -0.4 is 5.32 Å². The van der Waals surface area contributed by atoms with Gasteiger partial charge in [-0.05, 0) is 44.1 Å². The maximum atomic E-state index is 9.43. The first-order valence-electron chi connectivity index (χ1n) is 7.55. The molecule has 0 aromatic carbocycles. The highest BCUT2D eigenvalue weighted by Gasteiger charge is 2.23. The number of hydrogen-bond acceptors (Lipinski definition) is 5. The molecule has 1 aliphatic heterocycles. The van der Waals surface area contributed by atoms with E-state index in [1.165, 1.54) is 0 Å². The molecule has 1 atom stereocenters. The maximum absolute atomic E-state index is 9.43. The summed E-state index contributed by atoms with van der Waals surface area (Å²) < 4.78 is 5.58. The highest BCUT2D eigenvalue weighted by Crippen LogP contribution is 2.29. The summed E-state index contributed by atoms with van der Waals surface area (Å²) in [6.45, 7) is 1.45. The van der Waals surface area contributed by atoms with Crippen molar-refractivity contribution in [1.82, 2.24) is 4.98 Å². The smallest absolute Gasteiger partial charge is 0.145 e. The Morgan fingerprint density at radius 3 is 2.67 bits per heavy atom. The third-order valence-corrected chi connectivity index (χ3v) is 4.22. The number of rotatable bonds is 3. The average molecular weight is 282 g/mol. The van der Waals surface area contributed by atoms with E-state index in [2.05, 4.69) is 22.4 Å². The molecule has 1 saturated heterocycles. The first-order valence-corrected chi connectivity index (χ1v) is 7.55. The standard InChI is InChI=1S/C16H18N4O/c17-8-13-12-5-1-2-6-15(12)20-16(14(13)9-18)19-10-11-4-3-7-21-11/h11H,1-7,10H2,(H,19,20). The zero-order valence-electron chi connectivity index (χ0n) is 12.0. The lowest BCUT2D eigenvalue weighted by Crippen LogP contribution is -2.21.